The van der Waals surface area contributed by atoms with Gasteiger partial charge < -0.3 is 10.0 Å². The predicted molar refractivity (Wildman–Crippen MR) is 188 cm³/mol. The van der Waals surface area contributed by atoms with Crippen LogP contribution in [0.25, 0.3) is 49.4 Å². The van der Waals surface area contributed by atoms with Crippen LogP contribution in [0, 0.1) is 0 Å². The number of phenols is 1. The summed E-state index contributed by atoms with van der Waals surface area (Å²) in [4.78, 5) is 2.30. The van der Waals surface area contributed by atoms with E-state index < -0.39 is 0 Å². The molecule has 2 nitrogen and oxygen atoms in total. The van der Waals surface area contributed by atoms with Crippen LogP contribution in [-0.4, -0.2) is 5.11 Å². The summed E-state index contributed by atoms with van der Waals surface area (Å²) >= 11 is 0. The first kappa shape index (κ1) is 27.2. The van der Waals surface area contributed by atoms with Crippen LogP contribution >= 0.6 is 0 Å². The molecule has 0 aliphatic carbocycles. The van der Waals surface area contributed by atoms with Gasteiger partial charge in [-0.1, -0.05) is 115 Å². The Hall–Kier alpha value is -5.60. The van der Waals surface area contributed by atoms with Crippen molar-refractivity contribution in [3.63, 3.8) is 0 Å². The van der Waals surface area contributed by atoms with E-state index in [1.807, 2.05) is 30.3 Å². The molecule has 0 aromatic heterocycles. The van der Waals surface area contributed by atoms with Crippen molar-refractivity contribution in [1.29, 1.82) is 0 Å². The maximum atomic E-state index is 10.9. The molecule has 0 fully saturated rings. The average molecular weight is 568 g/mol. The minimum absolute atomic E-state index is 0.305. The molecule has 0 saturated heterocycles. The van der Waals surface area contributed by atoms with Crippen LogP contribution in [0.3, 0.4) is 0 Å². The van der Waals surface area contributed by atoms with Gasteiger partial charge in [0.25, 0.3) is 0 Å². The number of benzene rings is 7. The lowest BCUT2D eigenvalue weighted by Gasteiger charge is -2.26. The van der Waals surface area contributed by atoms with Crippen molar-refractivity contribution in [3.8, 4) is 28.0 Å². The molecule has 44 heavy (non-hydrogen) atoms. The molecule has 0 aliphatic rings. The maximum Gasteiger partial charge on any atom is 0.124 e. The summed E-state index contributed by atoms with van der Waals surface area (Å²) in [6.07, 6.45) is 2.14. The number of nitrogens with zero attached hydrogens (tertiary/aromatic N) is 1. The molecule has 0 aliphatic heterocycles. The number of phenolic OH excluding ortho intramolecular Hbond substituents is 1. The molecule has 212 valence electrons. The highest BCUT2D eigenvalue weighted by atomic mass is 16.3. The van der Waals surface area contributed by atoms with Gasteiger partial charge in [-0.05, 0) is 106 Å². The molecule has 0 spiro atoms. The van der Waals surface area contributed by atoms with Crippen molar-refractivity contribution >= 4 is 44.2 Å². The number of anilines is 3. The lowest BCUT2D eigenvalue weighted by molar-refractivity contribution is 0.482. The zero-order chi connectivity index (χ0) is 30.0. The second-order valence-corrected chi connectivity index (χ2v) is 11.2. The summed E-state index contributed by atoms with van der Waals surface area (Å²) in [6, 6.07) is 53.1. The maximum absolute atomic E-state index is 10.9. The molecule has 7 rings (SSSR count). The third-order valence-corrected chi connectivity index (χ3v) is 8.57. The van der Waals surface area contributed by atoms with E-state index in [0.717, 1.165) is 49.7 Å². The number of allylic oxidation sites excluding steroid dienone is 2. The highest BCUT2D eigenvalue weighted by Crippen LogP contribution is 2.41. The topological polar surface area (TPSA) is 23.5 Å². The summed E-state index contributed by atoms with van der Waals surface area (Å²) < 4.78 is 0. The Morgan fingerprint density at radius 2 is 1.09 bits per heavy atom. The van der Waals surface area contributed by atoms with Gasteiger partial charge in [0, 0.05) is 22.4 Å². The van der Waals surface area contributed by atoms with E-state index in [1.165, 1.54) is 22.3 Å². The van der Waals surface area contributed by atoms with Gasteiger partial charge >= 0.3 is 0 Å². The third-order valence-electron chi connectivity index (χ3n) is 8.57. The molecule has 0 atom stereocenters. The van der Waals surface area contributed by atoms with Crippen LogP contribution in [0.5, 0.6) is 5.75 Å². The van der Waals surface area contributed by atoms with Crippen molar-refractivity contribution in [2.75, 3.05) is 4.90 Å². The molecular formula is C42H33NO. The second kappa shape index (κ2) is 11.6. The van der Waals surface area contributed by atoms with Crippen molar-refractivity contribution in [2.24, 2.45) is 0 Å². The van der Waals surface area contributed by atoms with Crippen LogP contribution < -0.4 is 4.90 Å². The molecule has 0 amide bonds. The normalized spacial score (nSPS) is 11.6. The Bertz CT molecular complexity index is 2110. The van der Waals surface area contributed by atoms with Gasteiger partial charge in [-0.3, -0.25) is 0 Å². The van der Waals surface area contributed by atoms with Crippen LogP contribution in [0.4, 0.5) is 17.1 Å². The molecule has 7 aromatic rings. The van der Waals surface area contributed by atoms with Crippen LogP contribution in [0.15, 0.2) is 158 Å². The largest absolute Gasteiger partial charge is 0.507 e. The number of hydrogen-bond acceptors (Lipinski definition) is 2. The molecule has 7 aromatic carbocycles. The Kier molecular flexibility index (Phi) is 7.17. The number of fused-ring (bicyclic) bond motifs is 3. The van der Waals surface area contributed by atoms with Gasteiger partial charge in [-0.25, -0.2) is 0 Å². The standard InChI is InChI=1S/C42H33NO/c1-3-29(2)30-13-20-35(21-14-30)43(36-22-15-32(16-23-36)31-9-5-4-6-10-31)37-24-17-34(18-25-37)38-27-28-41(44)42-39-12-8-7-11-33(39)19-26-40(38)42/h3-28,44H,1-2H3. The molecular weight excluding hydrogens is 534 g/mol. The Morgan fingerprint density at radius 1 is 0.523 bits per heavy atom. The molecule has 2 heteroatoms. The van der Waals surface area contributed by atoms with E-state index in [1.54, 1.807) is 0 Å². The van der Waals surface area contributed by atoms with E-state index in [-0.39, 0.29) is 0 Å². The SMILES string of the molecule is CC=C(C)c1ccc(N(c2ccc(-c3ccccc3)cc2)c2ccc(-c3ccc(O)c4c3ccc3ccccc34)cc2)cc1. The van der Waals surface area contributed by atoms with Crippen molar-refractivity contribution in [1.82, 2.24) is 0 Å². The van der Waals surface area contributed by atoms with E-state index in [4.69, 9.17) is 0 Å². The zero-order valence-electron chi connectivity index (χ0n) is 24.9. The monoisotopic (exact) mass is 567 g/mol. The summed E-state index contributed by atoms with van der Waals surface area (Å²) in [5.41, 5.74) is 10.3. The van der Waals surface area contributed by atoms with E-state index >= 15 is 0 Å². The fraction of sp³-hybridized carbons (Fsp3) is 0.0476. The zero-order valence-corrected chi connectivity index (χ0v) is 24.9. The molecule has 0 heterocycles. The summed E-state index contributed by atoms with van der Waals surface area (Å²) in [6.45, 7) is 4.22. The van der Waals surface area contributed by atoms with E-state index in [2.05, 4.69) is 146 Å². The third kappa shape index (κ3) is 5.01. The van der Waals surface area contributed by atoms with Crippen molar-refractivity contribution in [2.45, 2.75) is 13.8 Å². The molecule has 0 radical (unpaired) electrons. The highest BCUT2D eigenvalue weighted by molar-refractivity contribution is 6.14. The smallest absolute Gasteiger partial charge is 0.124 e. The van der Waals surface area contributed by atoms with Gasteiger partial charge in [0.05, 0.1) is 0 Å². The average Bonchev–Trinajstić information content (AvgIpc) is 3.09. The van der Waals surface area contributed by atoms with Gasteiger partial charge in [0.15, 0.2) is 0 Å². The van der Waals surface area contributed by atoms with E-state index in [9.17, 15) is 5.11 Å². The first-order valence-corrected chi connectivity index (χ1v) is 15.0. The lowest BCUT2D eigenvalue weighted by Crippen LogP contribution is -2.09. The number of hydrogen-bond donors (Lipinski definition) is 1. The van der Waals surface area contributed by atoms with Crippen LogP contribution in [-0.2, 0) is 0 Å². The predicted octanol–water partition coefficient (Wildman–Crippen LogP) is 11.9. The van der Waals surface area contributed by atoms with Gasteiger partial charge in [-0.2, -0.15) is 0 Å². The fourth-order valence-electron chi connectivity index (χ4n) is 6.07. The van der Waals surface area contributed by atoms with Gasteiger partial charge in [0.2, 0.25) is 0 Å². The Balaban J connectivity index is 1.31. The minimum Gasteiger partial charge on any atom is -0.507 e. The Morgan fingerprint density at radius 3 is 1.75 bits per heavy atom. The Labute approximate surface area is 258 Å². The van der Waals surface area contributed by atoms with Gasteiger partial charge in [-0.15, -0.1) is 0 Å². The molecule has 0 bridgehead atoms. The van der Waals surface area contributed by atoms with Crippen LogP contribution in [0.2, 0.25) is 0 Å². The minimum atomic E-state index is 0.305. The number of rotatable bonds is 6. The first-order valence-electron chi connectivity index (χ1n) is 15.0. The van der Waals surface area contributed by atoms with Gasteiger partial charge in [0.1, 0.15) is 5.75 Å². The summed E-state index contributed by atoms with van der Waals surface area (Å²) in [7, 11) is 0. The van der Waals surface area contributed by atoms with Crippen molar-refractivity contribution < 1.29 is 5.11 Å². The second-order valence-electron chi connectivity index (χ2n) is 11.2. The molecule has 0 saturated carbocycles. The molecule has 1 N–H and O–H groups in total. The van der Waals surface area contributed by atoms with Crippen molar-refractivity contribution in [3.05, 3.63) is 163 Å². The highest BCUT2D eigenvalue weighted by Gasteiger charge is 2.15. The quantitative estimate of drug-likeness (QED) is 0.202. The lowest BCUT2D eigenvalue weighted by atomic mass is 9.94. The summed E-state index contributed by atoms with van der Waals surface area (Å²) in [5, 5.41) is 15.0. The summed E-state index contributed by atoms with van der Waals surface area (Å²) in [5.74, 6) is 0.305. The van der Waals surface area contributed by atoms with E-state index in [0.29, 0.717) is 5.75 Å². The number of aromatic hydroxyl groups is 1. The van der Waals surface area contributed by atoms with Crippen LogP contribution in [0.1, 0.15) is 19.4 Å². The fourth-order valence-corrected chi connectivity index (χ4v) is 6.07. The first-order chi connectivity index (χ1) is 21.6. The molecule has 0 unspecified atom stereocenters.